The maximum absolute atomic E-state index is 12.4. The predicted octanol–water partition coefficient (Wildman–Crippen LogP) is 3.61. The lowest BCUT2D eigenvalue weighted by Crippen LogP contribution is -2.35. The molecule has 1 aliphatic heterocycles. The van der Waals surface area contributed by atoms with Crippen molar-refractivity contribution in [3.63, 3.8) is 0 Å². The summed E-state index contributed by atoms with van der Waals surface area (Å²) in [6.07, 6.45) is 16.5. The second-order valence-electron chi connectivity index (χ2n) is 8.84. The van der Waals surface area contributed by atoms with Crippen molar-refractivity contribution < 1.29 is 4.79 Å². The number of nitrogens with zero attached hydrogens (tertiary/aromatic N) is 4. The van der Waals surface area contributed by atoms with Crippen molar-refractivity contribution in [2.24, 2.45) is 5.92 Å². The van der Waals surface area contributed by atoms with Crippen molar-refractivity contribution >= 4 is 5.91 Å². The summed E-state index contributed by atoms with van der Waals surface area (Å²) < 4.78 is 2.42. The molecule has 3 fully saturated rings. The lowest BCUT2D eigenvalue weighted by atomic mass is 9.95. The van der Waals surface area contributed by atoms with Crippen LogP contribution < -0.4 is 0 Å². The Morgan fingerprint density at radius 2 is 1.77 bits per heavy atom. The van der Waals surface area contributed by atoms with Gasteiger partial charge in [0.1, 0.15) is 0 Å². The van der Waals surface area contributed by atoms with Crippen LogP contribution in [0.5, 0.6) is 0 Å². The van der Waals surface area contributed by atoms with Crippen LogP contribution >= 0.6 is 0 Å². The van der Waals surface area contributed by atoms with Crippen LogP contribution in [0.15, 0.2) is 12.5 Å². The number of hydrogen-bond acceptors (Lipinski definition) is 3. The Hall–Kier alpha value is -1.36. The van der Waals surface area contributed by atoms with Crippen molar-refractivity contribution in [3.8, 4) is 0 Å². The highest BCUT2D eigenvalue weighted by Gasteiger charge is 2.35. The van der Waals surface area contributed by atoms with Crippen LogP contribution in [-0.2, 0) is 11.3 Å². The average molecular weight is 359 g/mol. The van der Waals surface area contributed by atoms with Crippen molar-refractivity contribution in [1.82, 2.24) is 19.4 Å². The fraction of sp³-hybridized carbons (Fsp3) is 0.810. The molecule has 26 heavy (non-hydrogen) atoms. The topological polar surface area (TPSA) is 41.4 Å². The van der Waals surface area contributed by atoms with E-state index in [4.69, 9.17) is 0 Å². The van der Waals surface area contributed by atoms with Crippen molar-refractivity contribution in [2.75, 3.05) is 20.1 Å². The Kier molecular flexibility index (Phi) is 5.63. The Labute approximate surface area is 157 Å². The van der Waals surface area contributed by atoms with E-state index in [0.29, 0.717) is 23.9 Å². The van der Waals surface area contributed by atoms with Gasteiger partial charge in [-0.15, -0.1) is 0 Å². The minimum absolute atomic E-state index is 0.391. The van der Waals surface area contributed by atoms with Crippen LogP contribution in [0.2, 0.25) is 0 Å². The number of hydrogen-bond donors (Lipinski definition) is 0. The monoisotopic (exact) mass is 358 g/mol. The predicted molar refractivity (Wildman–Crippen MR) is 103 cm³/mol. The van der Waals surface area contributed by atoms with E-state index in [1.807, 2.05) is 12.5 Å². The second kappa shape index (κ2) is 8.12. The van der Waals surface area contributed by atoms with E-state index in [1.165, 1.54) is 63.5 Å². The third-order valence-corrected chi connectivity index (χ3v) is 6.72. The van der Waals surface area contributed by atoms with Gasteiger partial charge in [-0.3, -0.25) is 4.79 Å². The Morgan fingerprint density at radius 3 is 2.54 bits per heavy atom. The average Bonchev–Trinajstić information content (AvgIpc) is 3.37. The third-order valence-electron chi connectivity index (χ3n) is 6.72. The highest BCUT2D eigenvalue weighted by Crippen LogP contribution is 2.31. The van der Waals surface area contributed by atoms with Gasteiger partial charge in [-0.25, -0.2) is 4.98 Å². The number of amides is 1. The first kappa shape index (κ1) is 18.0. The summed E-state index contributed by atoms with van der Waals surface area (Å²) in [5.74, 6) is 0.877. The quantitative estimate of drug-likeness (QED) is 0.780. The number of carbonyl (C=O) groups is 1. The molecule has 5 heteroatoms. The molecule has 2 aliphatic carbocycles. The molecule has 4 rings (SSSR count). The van der Waals surface area contributed by atoms with Gasteiger partial charge in [0.05, 0.1) is 12.0 Å². The van der Waals surface area contributed by atoms with Gasteiger partial charge in [-0.2, -0.15) is 0 Å². The zero-order valence-electron chi connectivity index (χ0n) is 16.3. The molecule has 0 aromatic carbocycles. The molecular weight excluding hydrogens is 324 g/mol. The lowest BCUT2D eigenvalue weighted by molar-refractivity contribution is -0.129. The normalized spacial score (nSPS) is 25.7. The highest BCUT2D eigenvalue weighted by atomic mass is 16.2. The van der Waals surface area contributed by atoms with Gasteiger partial charge in [0.2, 0.25) is 5.91 Å². The SMILES string of the molecule is CN(Cc1cncn1C1CCCCC1)C[C@@H]1CC(=O)N(C2CCCC2)C1. The smallest absolute Gasteiger partial charge is 0.223 e. The molecule has 0 unspecified atom stereocenters. The largest absolute Gasteiger partial charge is 0.339 e. The first-order valence-electron chi connectivity index (χ1n) is 10.7. The van der Waals surface area contributed by atoms with Crippen molar-refractivity contribution in [3.05, 3.63) is 18.2 Å². The molecule has 0 N–H and O–H groups in total. The van der Waals surface area contributed by atoms with Gasteiger partial charge in [0, 0.05) is 44.3 Å². The summed E-state index contributed by atoms with van der Waals surface area (Å²) in [5.41, 5.74) is 1.33. The van der Waals surface area contributed by atoms with Gasteiger partial charge in [-0.05, 0) is 38.6 Å². The summed E-state index contributed by atoms with van der Waals surface area (Å²) in [7, 11) is 2.20. The Morgan fingerprint density at radius 1 is 1.08 bits per heavy atom. The van der Waals surface area contributed by atoms with Crippen molar-refractivity contribution in [2.45, 2.75) is 82.8 Å². The summed E-state index contributed by atoms with van der Waals surface area (Å²) in [5, 5.41) is 0. The van der Waals surface area contributed by atoms with Crippen LogP contribution in [0.3, 0.4) is 0 Å². The molecular formula is C21H34N4O. The first-order valence-corrected chi connectivity index (χ1v) is 10.7. The minimum Gasteiger partial charge on any atom is -0.339 e. The molecule has 2 saturated carbocycles. The van der Waals surface area contributed by atoms with E-state index in [-0.39, 0.29) is 0 Å². The third kappa shape index (κ3) is 3.98. The van der Waals surface area contributed by atoms with Gasteiger partial charge in [0.25, 0.3) is 0 Å². The van der Waals surface area contributed by atoms with Crippen LogP contribution in [0.1, 0.15) is 75.9 Å². The van der Waals surface area contributed by atoms with Gasteiger partial charge < -0.3 is 14.4 Å². The molecule has 1 aromatic heterocycles. The molecule has 1 atom stereocenters. The summed E-state index contributed by atoms with van der Waals surface area (Å²) in [4.78, 5) is 21.4. The number of rotatable bonds is 6. The van der Waals surface area contributed by atoms with E-state index in [1.54, 1.807) is 0 Å². The van der Waals surface area contributed by atoms with Gasteiger partial charge >= 0.3 is 0 Å². The maximum atomic E-state index is 12.4. The number of carbonyl (C=O) groups excluding carboxylic acids is 1. The molecule has 1 amide bonds. The van der Waals surface area contributed by atoms with E-state index in [0.717, 1.165) is 26.1 Å². The van der Waals surface area contributed by atoms with Crippen LogP contribution in [0.4, 0.5) is 0 Å². The van der Waals surface area contributed by atoms with Crippen LogP contribution in [-0.4, -0.2) is 51.4 Å². The zero-order valence-corrected chi connectivity index (χ0v) is 16.3. The van der Waals surface area contributed by atoms with Crippen LogP contribution in [0, 0.1) is 5.92 Å². The van der Waals surface area contributed by atoms with E-state index < -0.39 is 0 Å². The van der Waals surface area contributed by atoms with Crippen molar-refractivity contribution in [1.29, 1.82) is 0 Å². The van der Waals surface area contributed by atoms with E-state index in [9.17, 15) is 4.79 Å². The molecule has 3 aliphatic rings. The number of aromatic nitrogens is 2. The molecule has 5 nitrogen and oxygen atoms in total. The molecule has 0 radical (unpaired) electrons. The summed E-state index contributed by atoms with van der Waals surface area (Å²) in [6, 6.07) is 1.17. The Balaban J connectivity index is 1.31. The van der Waals surface area contributed by atoms with Gasteiger partial charge in [0.15, 0.2) is 0 Å². The highest BCUT2D eigenvalue weighted by molar-refractivity contribution is 5.79. The van der Waals surface area contributed by atoms with Crippen LogP contribution in [0.25, 0.3) is 0 Å². The molecule has 0 spiro atoms. The number of imidazole rings is 1. The second-order valence-corrected chi connectivity index (χ2v) is 8.84. The molecule has 0 bridgehead atoms. The molecule has 2 heterocycles. The summed E-state index contributed by atoms with van der Waals surface area (Å²) in [6.45, 7) is 2.91. The zero-order chi connectivity index (χ0) is 17.9. The Bertz CT molecular complexity index is 601. The maximum Gasteiger partial charge on any atom is 0.223 e. The molecule has 1 aromatic rings. The summed E-state index contributed by atoms with van der Waals surface area (Å²) >= 11 is 0. The fourth-order valence-electron chi connectivity index (χ4n) is 5.42. The lowest BCUT2D eigenvalue weighted by Gasteiger charge is -2.27. The first-order chi connectivity index (χ1) is 12.7. The number of likely N-dealkylation sites (tertiary alicyclic amines) is 1. The van der Waals surface area contributed by atoms with Gasteiger partial charge in [-0.1, -0.05) is 32.1 Å². The van der Waals surface area contributed by atoms with E-state index >= 15 is 0 Å². The fourth-order valence-corrected chi connectivity index (χ4v) is 5.42. The minimum atomic E-state index is 0.391. The molecule has 144 valence electrons. The van der Waals surface area contributed by atoms with E-state index in [2.05, 4.69) is 26.4 Å². The standard InChI is InChI=1S/C21H34N4O/c1-23(13-17-11-21(26)24(14-17)18-9-5-6-10-18)15-20-12-22-16-25(20)19-7-3-2-4-8-19/h12,16-19H,2-11,13-15H2,1H3/t17-/m0/s1. The molecule has 1 saturated heterocycles.